The average molecular weight is 381 g/mol. The molecule has 112 valence electrons. The second kappa shape index (κ2) is 5.57. The summed E-state index contributed by atoms with van der Waals surface area (Å²) in [6.45, 7) is 0. The lowest BCUT2D eigenvalue weighted by atomic mass is 10.3. The SMILES string of the molecule is Nc1cc(S(=O)(=O)Nc2ccc(F)c(F)c2)c(F)cc1Br. The Bertz CT molecular complexity index is 812. The van der Waals surface area contributed by atoms with Crippen LogP contribution in [0.25, 0.3) is 0 Å². The first-order chi connectivity index (χ1) is 9.70. The lowest BCUT2D eigenvalue weighted by Gasteiger charge is -2.10. The van der Waals surface area contributed by atoms with Crippen LogP contribution in [0.15, 0.2) is 39.7 Å². The number of benzene rings is 2. The molecular weight excluding hydrogens is 373 g/mol. The van der Waals surface area contributed by atoms with Gasteiger partial charge in [-0.1, -0.05) is 0 Å². The van der Waals surface area contributed by atoms with Gasteiger partial charge in [0.1, 0.15) is 10.7 Å². The molecule has 0 saturated carbocycles. The Balaban J connectivity index is 2.43. The monoisotopic (exact) mass is 380 g/mol. The Labute approximate surface area is 127 Å². The molecule has 2 rings (SSSR count). The minimum Gasteiger partial charge on any atom is -0.398 e. The fourth-order valence-corrected chi connectivity index (χ4v) is 2.98. The molecule has 0 aliphatic heterocycles. The zero-order valence-corrected chi connectivity index (χ0v) is 12.6. The molecule has 0 radical (unpaired) electrons. The van der Waals surface area contributed by atoms with E-state index in [1.54, 1.807) is 0 Å². The van der Waals surface area contributed by atoms with Gasteiger partial charge in [-0.2, -0.15) is 0 Å². The quantitative estimate of drug-likeness (QED) is 0.802. The van der Waals surface area contributed by atoms with Crippen molar-refractivity contribution in [2.24, 2.45) is 0 Å². The van der Waals surface area contributed by atoms with Crippen LogP contribution < -0.4 is 10.5 Å². The van der Waals surface area contributed by atoms with Gasteiger partial charge in [0.2, 0.25) is 0 Å². The van der Waals surface area contributed by atoms with Gasteiger partial charge in [0, 0.05) is 16.2 Å². The van der Waals surface area contributed by atoms with Gasteiger partial charge in [-0.15, -0.1) is 0 Å². The van der Waals surface area contributed by atoms with Crippen LogP contribution in [0.1, 0.15) is 0 Å². The zero-order valence-electron chi connectivity index (χ0n) is 10.2. The molecule has 0 aliphatic carbocycles. The van der Waals surface area contributed by atoms with Crippen molar-refractivity contribution in [1.29, 1.82) is 0 Å². The lowest BCUT2D eigenvalue weighted by Crippen LogP contribution is -2.15. The number of anilines is 2. The summed E-state index contributed by atoms with van der Waals surface area (Å²) < 4.78 is 65.8. The maximum absolute atomic E-state index is 13.7. The number of nitrogens with two attached hydrogens (primary N) is 1. The van der Waals surface area contributed by atoms with Gasteiger partial charge >= 0.3 is 0 Å². The second-order valence-electron chi connectivity index (χ2n) is 4.04. The topological polar surface area (TPSA) is 72.2 Å². The molecule has 0 unspecified atom stereocenters. The molecule has 0 atom stereocenters. The van der Waals surface area contributed by atoms with Gasteiger partial charge in [0.15, 0.2) is 11.6 Å². The zero-order chi connectivity index (χ0) is 15.8. The summed E-state index contributed by atoms with van der Waals surface area (Å²) in [5.41, 5.74) is 5.28. The number of sulfonamides is 1. The van der Waals surface area contributed by atoms with Crippen LogP contribution in [-0.4, -0.2) is 8.42 Å². The predicted octanol–water partition coefficient (Wildman–Crippen LogP) is 3.25. The number of rotatable bonds is 3. The third-order valence-corrected chi connectivity index (χ3v) is 4.60. The van der Waals surface area contributed by atoms with E-state index in [-0.39, 0.29) is 15.8 Å². The molecule has 0 heterocycles. The van der Waals surface area contributed by atoms with Crippen molar-refractivity contribution in [2.75, 3.05) is 10.5 Å². The fraction of sp³-hybridized carbons (Fsp3) is 0. The van der Waals surface area contributed by atoms with Crippen LogP contribution in [0.2, 0.25) is 0 Å². The van der Waals surface area contributed by atoms with Crippen LogP contribution in [0, 0.1) is 17.5 Å². The summed E-state index contributed by atoms with van der Waals surface area (Å²) in [6.07, 6.45) is 0. The standard InChI is InChI=1S/C12H8BrF3N2O2S/c13-7-4-10(16)12(5-11(7)17)21(19,20)18-6-1-2-8(14)9(15)3-6/h1-5,18H,17H2. The van der Waals surface area contributed by atoms with Crippen LogP contribution in [0.5, 0.6) is 0 Å². The van der Waals surface area contributed by atoms with E-state index < -0.39 is 32.4 Å². The third kappa shape index (κ3) is 3.30. The molecule has 21 heavy (non-hydrogen) atoms. The summed E-state index contributed by atoms with van der Waals surface area (Å²) in [5.74, 6) is -3.39. The van der Waals surface area contributed by atoms with Crippen molar-refractivity contribution in [3.63, 3.8) is 0 Å². The van der Waals surface area contributed by atoms with E-state index in [1.807, 2.05) is 4.72 Å². The lowest BCUT2D eigenvalue weighted by molar-refractivity contribution is 0.509. The Kier molecular flexibility index (Phi) is 4.15. The number of hydrogen-bond donors (Lipinski definition) is 2. The van der Waals surface area contributed by atoms with Gasteiger partial charge in [-0.25, -0.2) is 21.6 Å². The van der Waals surface area contributed by atoms with E-state index in [2.05, 4.69) is 15.9 Å². The van der Waals surface area contributed by atoms with E-state index in [0.717, 1.165) is 24.3 Å². The van der Waals surface area contributed by atoms with E-state index in [9.17, 15) is 21.6 Å². The highest BCUT2D eigenvalue weighted by Crippen LogP contribution is 2.27. The molecule has 9 heteroatoms. The summed E-state index contributed by atoms with van der Waals surface area (Å²) in [5, 5.41) is 0. The highest BCUT2D eigenvalue weighted by Gasteiger charge is 2.21. The molecule has 0 aliphatic rings. The molecule has 3 N–H and O–H groups in total. The molecule has 0 bridgehead atoms. The third-order valence-electron chi connectivity index (χ3n) is 2.51. The first-order valence-corrected chi connectivity index (χ1v) is 7.71. The minimum atomic E-state index is -4.33. The van der Waals surface area contributed by atoms with E-state index >= 15 is 0 Å². The first kappa shape index (κ1) is 15.6. The Hall–Kier alpha value is -1.74. The minimum absolute atomic E-state index is 0.0158. The number of nitrogen functional groups attached to an aromatic ring is 1. The van der Waals surface area contributed by atoms with Crippen molar-refractivity contribution in [1.82, 2.24) is 0 Å². The Morgan fingerprint density at radius 1 is 1.00 bits per heavy atom. The maximum atomic E-state index is 13.7. The second-order valence-corrected chi connectivity index (χ2v) is 6.54. The fourth-order valence-electron chi connectivity index (χ4n) is 1.52. The summed E-state index contributed by atoms with van der Waals surface area (Å²) >= 11 is 2.96. The van der Waals surface area contributed by atoms with Crippen LogP contribution in [-0.2, 0) is 10.0 Å². The van der Waals surface area contributed by atoms with Crippen molar-refractivity contribution in [3.8, 4) is 0 Å². The van der Waals surface area contributed by atoms with Crippen molar-refractivity contribution in [2.45, 2.75) is 4.90 Å². The van der Waals surface area contributed by atoms with Crippen molar-refractivity contribution >= 4 is 37.3 Å². The number of halogens is 4. The van der Waals surface area contributed by atoms with E-state index in [4.69, 9.17) is 5.73 Å². The van der Waals surface area contributed by atoms with Crippen LogP contribution >= 0.6 is 15.9 Å². The number of hydrogen-bond acceptors (Lipinski definition) is 3. The predicted molar refractivity (Wildman–Crippen MR) is 75.7 cm³/mol. The van der Waals surface area contributed by atoms with Gasteiger partial charge < -0.3 is 5.73 Å². The van der Waals surface area contributed by atoms with Gasteiger partial charge in [-0.3, -0.25) is 4.72 Å². The van der Waals surface area contributed by atoms with Crippen LogP contribution in [0.3, 0.4) is 0 Å². The van der Waals surface area contributed by atoms with Gasteiger partial charge in [-0.05, 0) is 40.2 Å². The Morgan fingerprint density at radius 3 is 2.29 bits per heavy atom. The van der Waals surface area contributed by atoms with E-state index in [0.29, 0.717) is 6.07 Å². The van der Waals surface area contributed by atoms with Crippen molar-refractivity contribution < 1.29 is 21.6 Å². The number of nitrogens with one attached hydrogen (secondary N) is 1. The summed E-state index contributed by atoms with van der Waals surface area (Å²) in [6, 6.07) is 4.22. The largest absolute Gasteiger partial charge is 0.398 e. The van der Waals surface area contributed by atoms with Gasteiger partial charge in [0.05, 0.1) is 5.69 Å². The Morgan fingerprint density at radius 2 is 1.67 bits per heavy atom. The smallest absolute Gasteiger partial charge is 0.264 e. The molecule has 0 spiro atoms. The van der Waals surface area contributed by atoms with E-state index in [1.165, 1.54) is 0 Å². The highest BCUT2D eigenvalue weighted by molar-refractivity contribution is 9.10. The maximum Gasteiger partial charge on any atom is 0.264 e. The van der Waals surface area contributed by atoms with Crippen LogP contribution in [0.4, 0.5) is 24.5 Å². The highest BCUT2D eigenvalue weighted by atomic mass is 79.9. The molecule has 0 aromatic heterocycles. The molecule has 2 aromatic rings. The van der Waals surface area contributed by atoms with Gasteiger partial charge in [0.25, 0.3) is 10.0 Å². The summed E-state index contributed by atoms with van der Waals surface area (Å²) in [4.78, 5) is -0.701. The molecular formula is C12H8BrF3N2O2S. The molecule has 4 nitrogen and oxygen atoms in total. The first-order valence-electron chi connectivity index (χ1n) is 5.43. The molecule has 0 fully saturated rings. The molecule has 0 saturated heterocycles. The average Bonchev–Trinajstić information content (AvgIpc) is 2.37. The normalized spacial score (nSPS) is 11.4. The summed E-state index contributed by atoms with van der Waals surface area (Å²) in [7, 11) is -4.33. The molecule has 0 amide bonds. The molecule has 2 aromatic carbocycles. The van der Waals surface area contributed by atoms with Crippen molar-refractivity contribution in [3.05, 3.63) is 52.3 Å².